The van der Waals surface area contributed by atoms with E-state index in [9.17, 15) is 14.0 Å². The second kappa shape index (κ2) is 6.61. The van der Waals surface area contributed by atoms with Gasteiger partial charge in [-0.15, -0.1) is 0 Å². The van der Waals surface area contributed by atoms with Crippen molar-refractivity contribution < 1.29 is 9.18 Å². The van der Waals surface area contributed by atoms with E-state index in [2.05, 4.69) is 4.98 Å². The molecule has 5 nitrogen and oxygen atoms in total. The Balaban J connectivity index is 1.54. The van der Waals surface area contributed by atoms with Crippen molar-refractivity contribution in [2.45, 2.75) is 18.9 Å². The molecule has 134 valence electrons. The van der Waals surface area contributed by atoms with Crippen LogP contribution in [0.4, 0.5) is 4.39 Å². The summed E-state index contributed by atoms with van der Waals surface area (Å²) in [4.78, 5) is 29.4. The van der Waals surface area contributed by atoms with Crippen molar-refractivity contribution in [2.75, 3.05) is 13.1 Å². The lowest BCUT2D eigenvalue weighted by Crippen LogP contribution is -2.40. The number of likely N-dealkylation sites (tertiary alicyclic amines) is 1. The lowest BCUT2D eigenvalue weighted by molar-refractivity contribution is 0.0690. The number of benzene rings is 2. The van der Waals surface area contributed by atoms with E-state index in [4.69, 9.17) is 11.6 Å². The van der Waals surface area contributed by atoms with Gasteiger partial charge in [0.15, 0.2) is 0 Å². The van der Waals surface area contributed by atoms with E-state index >= 15 is 0 Å². The minimum absolute atomic E-state index is 0.00640. The fourth-order valence-electron chi connectivity index (χ4n) is 3.60. The Kier molecular flexibility index (Phi) is 4.28. The summed E-state index contributed by atoms with van der Waals surface area (Å²) in [5.41, 5.74) is 1.51. The summed E-state index contributed by atoms with van der Waals surface area (Å²) in [5, 5.41) is 0.329. The molecule has 2 heterocycles. The number of fused-ring (bicyclic) bond motifs is 1. The number of aromatic amines is 1. The molecule has 0 unspecified atom stereocenters. The average molecular weight is 374 g/mol. The molecule has 1 amide bonds. The molecule has 1 saturated heterocycles. The molecule has 26 heavy (non-hydrogen) atoms. The largest absolute Gasteiger partial charge is 0.338 e. The van der Waals surface area contributed by atoms with Crippen LogP contribution in [-0.4, -0.2) is 33.4 Å². The quantitative estimate of drug-likeness (QED) is 0.746. The van der Waals surface area contributed by atoms with Gasteiger partial charge in [-0.1, -0.05) is 23.7 Å². The van der Waals surface area contributed by atoms with Crippen LogP contribution in [0.2, 0.25) is 5.02 Å². The molecule has 1 aromatic heterocycles. The van der Waals surface area contributed by atoms with Gasteiger partial charge in [-0.3, -0.25) is 9.36 Å². The van der Waals surface area contributed by atoms with Crippen molar-refractivity contribution in [3.63, 3.8) is 0 Å². The maximum Gasteiger partial charge on any atom is 0.326 e. The highest BCUT2D eigenvalue weighted by atomic mass is 35.5. The van der Waals surface area contributed by atoms with Crippen molar-refractivity contribution in [1.29, 1.82) is 0 Å². The van der Waals surface area contributed by atoms with Crippen LogP contribution in [0.1, 0.15) is 29.2 Å². The van der Waals surface area contributed by atoms with Gasteiger partial charge < -0.3 is 9.88 Å². The van der Waals surface area contributed by atoms with Crippen LogP contribution in [0.15, 0.2) is 47.3 Å². The third-order valence-electron chi connectivity index (χ3n) is 4.90. The van der Waals surface area contributed by atoms with Gasteiger partial charge in [0, 0.05) is 24.2 Å². The number of aromatic nitrogens is 2. The van der Waals surface area contributed by atoms with Crippen LogP contribution in [0.25, 0.3) is 11.0 Å². The molecule has 0 atom stereocenters. The first kappa shape index (κ1) is 16.8. The molecule has 0 saturated carbocycles. The number of hydrogen-bond acceptors (Lipinski definition) is 2. The molecule has 0 bridgehead atoms. The molecule has 0 spiro atoms. The molecule has 7 heteroatoms. The molecule has 1 fully saturated rings. The third-order valence-corrected chi connectivity index (χ3v) is 5.13. The first-order valence-corrected chi connectivity index (χ1v) is 8.86. The standard InChI is InChI=1S/C19H17ClFN3O2/c20-12-5-6-15(21)14(11-12)18(25)23-9-7-13(8-10-23)24-17-4-2-1-3-16(17)22-19(24)26/h1-6,11,13H,7-10H2,(H,22,26). The number of carbonyl (C=O) groups is 1. The minimum Gasteiger partial charge on any atom is -0.338 e. The Labute approximate surface area is 154 Å². The van der Waals surface area contributed by atoms with Gasteiger partial charge in [0.2, 0.25) is 0 Å². The molecule has 4 rings (SSSR count). The maximum atomic E-state index is 13.9. The van der Waals surface area contributed by atoms with Crippen molar-refractivity contribution in [2.24, 2.45) is 0 Å². The maximum absolute atomic E-state index is 13.9. The first-order chi connectivity index (χ1) is 12.5. The highest BCUT2D eigenvalue weighted by Gasteiger charge is 2.27. The molecule has 2 aromatic carbocycles. The normalized spacial score (nSPS) is 15.5. The summed E-state index contributed by atoms with van der Waals surface area (Å²) < 4.78 is 15.7. The Morgan fingerprint density at radius 3 is 2.65 bits per heavy atom. The number of nitrogens with zero attached hydrogens (tertiary/aromatic N) is 2. The number of imidazole rings is 1. The van der Waals surface area contributed by atoms with Gasteiger partial charge >= 0.3 is 5.69 Å². The molecular formula is C19H17ClFN3O2. The van der Waals surface area contributed by atoms with Crippen molar-refractivity contribution in [3.05, 3.63) is 69.4 Å². The predicted molar refractivity (Wildman–Crippen MR) is 98.1 cm³/mol. The second-order valence-corrected chi connectivity index (χ2v) is 6.90. The van der Waals surface area contributed by atoms with Gasteiger partial charge in [0.1, 0.15) is 5.82 Å². The van der Waals surface area contributed by atoms with E-state index in [0.29, 0.717) is 31.0 Å². The second-order valence-electron chi connectivity index (χ2n) is 6.46. The van der Waals surface area contributed by atoms with E-state index < -0.39 is 5.82 Å². The van der Waals surface area contributed by atoms with E-state index in [1.54, 1.807) is 9.47 Å². The van der Waals surface area contributed by atoms with Gasteiger partial charge in [-0.05, 0) is 43.2 Å². The molecule has 1 aliphatic heterocycles. The summed E-state index contributed by atoms with van der Waals surface area (Å²) in [6, 6.07) is 11.5. The third kappa shape index (κ3) is 2.90. The topological polar surface area (TPSA) is 58.1 Å². The summed E-state index contributed by atoms with van der Waals surface area (Å²) >= 11 is 5.88. The number of amides is 1. The number of rotatable bonds is 2. The molecule has 1 aliphatic rings. The predicted octanol–water partition coefficient (Wildman–Crippen LogP) is 3.60. The van der Waals surface area contributed by atoms with Crippen molar-refractivity contribution in [3.8, 4) is 0 Å². The molecule has 0 radical (unpaired) electrons. The summed E-state index contributed by atoms with van der Waals surface area (Å²) in [6.07, 6.45) is 1.27. The number of nitrogens with one attached hydrogen (secondary N) is 1. The number of halogens is 2. The van der Waals surface area contributed by atoms with E-state index in [0.717, 1.165) is 11.0 Å². The Morgan fingerprint density at radius 1 is 1.15 bits per heavy atom. The SMILES string of the molecule is O=C(c1cc(Cl)ccc1F)N1CCC(n2c(=O)[nH]c3ccccc32)CC1. The highest BCUT2D eigenvalue weighted by molar-refractivity contribution is 6.31. The smallest absolute Gasteiger partial charge is 0.326 e. The zero-order chi connectivity index (χ0) is 18.3. The van der Waals surface area contributed by atoms with Gasteiger partial charge in [-0.2, -0.15) is 0 Å². The zero-order valence-electron chi connectivity index (χ0n) is 13.9. The summed E-state index contributed by atoms with van der Waals surface area (Å²) in [7, 11) is 0. The van der Waals surface area contributed by atoms with Crippen LogP contribution in [0, 0.1) is 5.82 Å². The van der Waals surface area contributed by atoms with E-state index in [1.165, 1.54) is 18.2 Å². The Hall–Kier alpha value is -2.60. The first-order valence-electron chi connectivity index (χ1n) is 8.48. The molecule has 1 N–H and O–H groups in total. The fourth-order valence-corrected chi connectivity index (χ4v) is 3.77. The van der Waals surface area contributed by atoms with Crippen LogP contribution < -0.4 is 5.69 Å². The van der Waals surface area contributed by atoms with Crippen molar-refractivity contribution in [1.82, 2.24) is 14.5 Å². The van der Waals surface area contributed by atoms with Gasteiger partial charge in [0.05, 0.1) is 16.6 Å². The lowest BCUT2D eigenvalue weighted by Gasteiger charge is -2.32. The number of H-pyrrole nitrogens is 1. The number of carbonyl (C=O) groups excluding carboxylic acids is 1. The molecule has 0 aliphatic carbocycles. The Morgan fingerprint density at radius 2 is 1.88 bits per heavy atom. The number of piperidine rings is 1. The fraction of sp³-hybridized carbons (Fsp3) is 0.263. The van der Waals surface area contributed by atoms with Crippen LogP contribution in [0.5, 0.6) is 0 Å². The summed E-state index contributed by atoms with van der Waals surface area (Å²) in [5.74, 6) is -0.941. The number of hydrogen-bond donors (Lipinski definition) is 1. The highest BCUT2D eigenvalue weighted by Crippen LogP contribution is 2.26. The van der Waals surface area contributed by atoms with E-state index in [1.807, 2.05) is 24.3 Å². The lowest BCUT2D eigenvalue weighted by atomic mass is 10.0. The average Bonchev–Trinajstić information content (AvgIpc) is 2.99. The van der Waals surface area contributed by atoms with Crippen molar-refractivity contribution >= 4 is 28.5 Å². The monoisotopic (exact) mass is 373 g/mol. The van der Waals surface area contributed by atoms with Crippen LogP contribution in [-0.2, 0) is 0 Å². The number of para-hydroxylation sites is 2. The molecular weight excluding hydrogens is 357 g/mol. The zero-order valence-corrected chi connectivity index (χ0v) is 14.7. The van der Waals surface area contributed by atoms with Gasteiger partial charge in [0.25, 0.3) is 5.91 Å². The summed E-state index contributed by atoms with van der Waals surface area (Å²) in [6.45, 7) is 0.919. The minimum atomic E-state index is -0.575. The molecule has 3 aromatic rings. The van der Waals surface area contributed by atoms with Crippen LogP contribution >= 0.6 is 11.6 Å². The van der Waals surface area contributed by atoms with Gasteiger partial charge in [-0.25, -0.2) is 9.18 Å². The Bertz CT molecular complexity index is 1030. The van der Waals surface area contributed by atoms with Crippen LogP contribution in [0.3, 0.4) is 0 Å². The van der Waals surface area contributed by atoms with E-state index in [-0.39, 0.29) is 23.2 Å².